The first-order chi connectivity index (χ1) is 15.9. The topological polar surface area (TPSA) is 46.5 Å². The van der Waals surface area contributed by atoms with Crippen molar-refractivity contribution in [2.75, 3.05) is 0 Å². The highest BCUT2D eigenvalue weighted by Crippen LogP contribution is 2.30. The van der Waals surface area contributed by atoms with Crippen molar-refractivity contribution in [1.29, 1.82) is 0 Å². The molecule has 0 aliphatic rings. The van der Waals surface area contributed by atoms with Crippen molar-refractivity contribution < 1.29 is 19.0 Å². The number of carbonyl (C=O) groups is 1. The molecule has 4 heteroatoms. The molecule has 0 atom stereocenters. The molecule has 0 saturated heterocycles. The van der Waals surface area contributed by atoms with E-state index in [4.69, 9.17) is 4.74 Å². The molecule has 0 bridgehead atoms. The van der Waals surface area contributed by atoms with E-state index in [9.17, 15) is 9.90 Å². The number of ether oxygens (including phenoxy) is 1. The van der Waals surface area contributed by atoms with Gasteiger partial charge in [0.2, 0.25) is 0 Å². The van der Waals surface area contributed by atoms with Gasteiger partial charge in [-0.3, -0.25) is 0 Å². The highest BCUT2D eigenvalue weighted by atomic mass is 19.1. The predicted molar refractivity (Wildman–Crippen MR) is 131 cm³/mol. The van der Waals surface area contributed by atoms with E-state index in [0.29, 0.717) is 11.1 Å². The molecule has 0 aliphatic heterocycles. The number of aliphatic hydroxyl groups excluding tert-OH is 1. The van der Waals surface area contributed by atoms with E-state index in [-0.39, 0.29) is 19.0 Å². The lowest BCUT2D eigenvalue weighted by Gasteiger charge is -2.14. The third-order valence-electron chi connectivity index (χ3n) is 5.71. The maximum absolute atomic E-state index is 15.0. The Kier molecular flexibility index (Phi) is 8.56. The van der Waals surface area contributed by atoms with Gasteiger partial charge in [-0.15, -0.1) is 0 Å². The fourth-order valence-corrected chi connectivity index (χ4v) is 3.73. The first-order valence-electron chi connectivity index (χ1n) is 11.4. The zero-order chi connectivity index (χ0) is 23.8. The minimum Gasteiger partial charge on any atom is -0.457 e. The first kappa shape index (κ1) is 24.4. The van der Waals surface area contributed by atoms with E-state index in [2.05, 4.69) is 13.5 Å². The van der Waals surface area contributed by atoms with Gasteiger partial charge in [-0.1, -0.05) is 74.9 Å². The van der Waals surface area contributed by atoms with Crippen molar-refractivity contribution in [3.63, 3.8) is 0 Å². The maximum Gasteiger partial charge on any atom is 0.333 e. The maximum atomic E-state index is 15.0. The second-order valence-electron chi connectivity index (χ2n) is 8.35. The fourth-order valence-electron chi connectivity index (χ4n) is 3.73. The molecule has 0 spiro atoms. The molecule has 0 aliphatic carbocycles. The highest BCUT2D eigenvalue weighted by Gasteiger charge is 2.12. The lowest BCUT2D eigenvalue weighted by Crippen LogP contribution is -2.07. The lowest BCUT2D eigenvalue weighted by atomic mass is 9.94. The minimum absolute atomic E-state index is 0.0415. The second-order valence-corrected chi connectivity index (χ2v) is 8.35. The quantitative estimate of drug-likeness (QED) is 0.207. The molecule has 0 unspecified atom stereocenters. The third kappa shape index (κ3) is 6.39. The van der Waals surface area contributed by atoms with Crippen LogP contribution in [0.3, 0.4) is 0 Å². The highest BCUT2D eigenvalue weighted by molar-refractivity contribution is 5.87. The second kappa shape index (κ2) is 11.6. The number of benzene rings is 3. The van der Waals surface area contributed by atoms with Gasteiger partial charge in [0.15, 0.2) is 0 Å². The number of carbonyl (C=O) groups excluding carboxylic acids is 1. The Morgan fingerprint density at radius 2 is 1.61 bits per heavy atom. The Morgan fingerprint density at radius 3 is 2.24 bits per heavy atom. The van der Waals surface area contributed by atoms with E-state index < -0.39 is 5.97 Å². The van der Waals surface area contributed by atoms with Crippen molar-refractivity contribution in [1.82, 2.24) is 0 Å². The molecule has 3 rings (SSSR count). The van der Waals surface area contributed by atoms with E-state index in [1.54, 1.807) is 25.1 Å². The van der Waals surface area contributed by atoms with Crippen LogP contribution in [0.5, 0.6) is 0 Å². The van der Waals surface area contributed by atoms with Crippen LogP contribution >= 0.6 is 0 Å². The van der Waals surface area contributed by atoms with E-state index in [1.807, 2.05) is 36.4 Å². The average molecular weight is 447 g/mol. The summed E-state index contributed by atoms with van der Waals surface area (Å²) in [6, 6.07) is 18.4. The average Bonchev–Trinajstić information content (AvgIpc) is 2.83. The third-order valence-corrected chi connectivity index (χ3v) is 5.71. The summed E-state index contributed by atoms with van der Waals surface area (Å²) in [6.07, 6.45) is 4.24. The predicted octanol–water partition coefficient (Wildman–Crippen LogP) is 7.00. The fraction of sp³-hybridized carbons (Fsp3) is 0.276. The van der Waals surface area contributed by atoms with Crippen LogP contribution in [0, 0.1) is 5.82 Å². The molecule has 172 valence electrons. The van der Waals surface area contributed by atoms with Crippen LogP contribution < -0.4 is 0 Å². The van der Waals surface area contributed by atoms with Crippen LogP contribution in [0.25, 0.3) is 22.3 Å². The number of aliphatic hydroxyl groups is 1. The molecule has 33 heavy (non-hydrogen) atoms. The summed E-state index contributed by atoms with van der Waals surface area (Å²) in [6.45, 7) is 7.56. The number of aryl methyl sites for hydroxylation is 1. The molecule has 3 nitrogen and oxygen atoms in total. The van der Waals surface area contributed by atoms with Crippen molar-refractivity contribution >= 4 is 5.97 Å². The summed E-state index contributed by atoms with van der Waals surface area (Å²) in [5.41, 5.74) is 6.13. The first-order valence-corrected chi connectivity index (χ1v) is 11.4. The number of hydrogen-bond donors (Lipinski definition) is 1. The van der Waals surface area contributed by atoms with Crippen molar-refractivity contribution in [3.05, 3.63) is 95.3 Å². The Bertz CT molecular complexity index is 1120. The molecule has 1 N–H and O–H groups in total. The standard InChI is InChI=1S/C29H31FO3/c1-4-5-6-7-22-12-13-24(16-26(22)19-33-29(32)20(2)3)25-14-15-27(28(30)17-25)23-10-8-21(18-31)9-11-23/h8-17,31H,2,4-7,18-19H2,1,3H3. The Morgan fingerprint density at radius 1 is 0.939 bits per heavy atom. The van der Waals surface area contributed by atoms with Crippen molar-refractivity contribution in [2.24, 2.45) is 0 Å². The molecule has 0 saturated carbocycles. The lowest BCUT2D eigenvalue weighted by molar-refractivity contribution is -0.140. The van der Waals surface area contributed by atoms with Gasteiger partial charge in [0, 0.05) is 11.1 Å². The van der Waals surface area contributed by atoms with Gasteiger partial charge >= 0.3 is 5.97 Å². The summed E-state index contributed by atoms with van der Waals surface area (Å²) in [7, 11) is 0. The van der Waals surface area contributed by atoms with Gasteiger partial charge in [-0.05, 0) is 65.3 Å². The van der Waals surface area contributed by atoms with Crippen LogP contribution in [0.15, 0.2) is 72.8 Å². The van der Waals surface area contributed by atoms with Gasteiger partial charge in [-0.25, -0.2) is 9.18 Å². The van der Waals surface area contributed by atoms with Gasteiger partial charge in [-0.2, -0.15) is 0 Å². The molecule has 0 heterocycles. The number of halogens is 1. The van der Waals surface area contributed by atoms with E-state index in [0.717, 1.165) is 59.1 Å². The summed E-state index contributed by atoms with van der Waals surface area (Å²) >= 11 is 0. The van der Waals surface area contributed by atoms with E-state index in [1.165, 1.54) is 6.07 Å². The summed E-state index contributed by atoms with van der Waals surface area (Å²) in [4.78, 5) is 11.9. The Balaban J connectivity index is 1.88. The van der Waals surface area contributed by atoms with Crippen molar-refractivity contribution in [3.8, 4) is 22.3 Å². The van der Waals surface area contributed by atoms with Gasteiger partial charge in [0.25, 0.3) is 0 Å². The van der Waals surface area contributed by atoms with Crippen LogP contribution in [-0.4, -0.2) is 11.1 Å². The van der Waals surface area contributed by atoms with Crippen LogP contribution in [0.1, 0.15) is 49.8 Å². The van der Waals surface area contributed by atoms with Crippen LogP contribution in [0.2, 0.25) is 0 Å². The molecule has 0 amide bonds. The molecular formula is C29H31FO3. The number of unbranched alkanes of at least 4 members (excludes halogenated alkanes) is 2. The normalized spacial score (nSPS) is 10.8. The zero-order valence-electron chi connectivity index (χ0n) is 19.4. The largest absolute Gasteiger partial charge is 0.457 e. The smallest absolute Gasteiger partial charge is 0.333 e. The number of rotatable bonds is 10. The Labute approximate surface area is 195 Å². The summed E-state index contributed by atoms with van der Waals surface area (Å²) in [5, 5.41) is 9.21. The van der Waals surface area contributed by atoms with Gasteiger partial charge in [0.1, 0.15) is 12.4 Å². The summed E-state index contributed by atoms with van der Waals surface area (Å²) < 4.78 is 20.4. The zero-order valence-corrected chi connectivity index (χ0v) is 19.4. The molecule has 3 aromatic rings. The SMILES string of the molecule is C=C(C)C(=O)OCc1cc(-c2ccc(-c3ccc(CO)cc3)c(F)c2)ccc1CCCCC. The van der Waals surface area contributed by atoms with Crippen LogP contribution in [0.4, 0.5) is 4.39 Å². The van der Waals surface area contributed by atoms with Gasteiger partial charge in [0.05, 0.1) is 6.61 Å². The minimum atomic E-state index is -0.414. The van der Waals surface area contributed by atoms with Crippen LogP contribution in [-0.2, 0) is 29.2 Å². The Hall–Kier alpha value is -3.24. The molecule has 0 fully saturated rings. The molecule has 0 aromatic heterocycles. The van der Waals surface area contributed by atoms with Crippen molar-refractivity contribution in [2.45, 2.75) is 52.7 Å². The summed E-state index contributed by atoms with van der Waals surface area (Å²) in [5.74, 6) is -0.728. The molecular weight excluding hydrogens is 415 g/mol. The number of esters is 1. The number of hydrogen-bond acceptors (Lipinski definition) is 3. The molecule has 3 aromatic carbocycles. The van der Waals surface area contributed by atoms with Gasteiger partial charge < -0.3 is 9.84 Å². The van der Waals surface area contributed by atoms with E-state index >= 15 is 4.39 Å². The monoisotopic (exact) mass is 446 g/mol. The molecule has 0 radical (unpaired) electrons.